The highest BCUT2D eigenvalue weighted by atomic mass is 16.2. The first-order chi connectivity index (χ1) is 9.74. The minimum Gasteiger partial charge on any atom is -0.340 e. The van der Waals surface area contributed by atoms with Gasteiger partial charge in [0.05, 0.1) is 6.20 Å². The average molecular weight is 273 g/mol. The summed E-state index contributed by atoms with van der Waals surface area (Å²) in [6, 6.07) is 1.83. The zero-order chi connectivity index (χ0) is 13.9. The number of piperidine rings is 1. The molecule has 106 valence electrons. The molecule has 1 atom stereocenters. The molecule has 0 radical (unpaired) electrons. The number of nitrogens with zero attached hydrogens (tertiary/aromatic N) is 4. The Morgan fingerprint density at radius 1 is 1.55 bits per heavy atom. The van der Waals surface area contributed by atoms with Gasteiger partial charge in [-0.15, -0.1) is 0 Å². The van der Waals surface area contributed by atoms with Crippen LogP contribution in [0.3, 0.4) is 0 Å². The highest BCUT2D eigenvalue weighted by Crippen LogP contribution is 2.27. The summed E-state index contributed by atoms with van der Waals surface area (Å²) >= 11 is 0. The maximum Gasteiger partial charge on any atom is 0.244 e. The Balaban J connectivity index is 1.66. The fraction of sp³-hybridized carbons (Fsp3) is 0.500. The molecule has 1 aliphatic heterocycles. The summed E-state index contributed by atoms with van der Waals surface area (Å²) in [4.78, 5) is 14.2. The van der Waals surface area contributed by atoms with Crippen LogP contribution in [-0.4, -0.2) is 43.9 Å². The van der Waals surface area contributed by atoms with Gasteiger partial charge >= 0.3 is 0 Å². The molecular formula is C14H19N5O. The van der Waals surface area contributed by atoms with E-state index in [1.165, 1.54) is 11.3 Å². The molecule has 3 heterocycles. The molecule has 1 aliphatic rings. The first-order valence-corrected chi connectivity index (χ1v) is 6.99. The first-order valence-electron chi connectivity index (χ1n) is 6.99. The van der Waals surface area contributed by atoms with Crippen molar-refractivity contribution in [1.82, 2.24) is 24.9 Å². The molecule has 3 rings (SSSR count). The maximum atomic E-state index is 12.3. The van der Waals surface area contributed by atoms with Crippen LogP contribution in [0, 0.1) is 6.92 Å². The molecule has 6 heteroatoms. The van der Waals surface area contributed by atoms with Gasteiger partial charge in [0.25, 0.3) is 0 Å². The average Bonchev–Trinajstić information content (AvgIpc) is 3.10. The van der Waals surface area contributed by atoms with E-state index in [2.05, 4.69) is 22.2 Å². The molecule has 0 aromatic carbocycles. The summed E-state index contributed by atoms with van der Waals surface area (Å²) in [7, 11) is 0. The van der Waals surface area contributed by atoms with Gasteiger partial charge in [-0.1, -0.05) is 0 Å². The van der Waals surface area contributed by atoms with E-state index in [9.17, 15) is 4.79 Å². The summed E-state index contributed by atoms with van der Waals surface area (Å²) in [6.45, 7) is 3.98. The van der Waals surface area contributed by atoms with Crippen molar-refractivity contribution in [3.8, 4) is 0 Å². The molecule has 1 fully saturated rings. The van der Waals surface area contributed by atoms with E-state index in [0.717, 1.165) is 25.9 Å². The number of nitrogens with one attached hydrogen (secondary N) is 1. The van der Waals surface area contributed by atoms with Crippen molar-refractivity contribution < 1.29 is 4.79 Å². The van der Waals surface area contributed by atoms with Crippen LogP contribution in [0.25, 0.3) is 0 Å². The van der Waals surface area contributed by atoms with Crippen molar-refractivity contribution in [3.05, 3.63) is 35.9 Å². The Kier molecular flexibility index (Phi) is 3.54. The predicted molar refractivity (Wildman–Crippen MR) is 74.1 cm³/mol. The zero-order valence-electron chi connectivity index (χ0n) is 11.6. The molecule has 1 amide bonds. The van der Waals surface area contributed by atoms with Crippen molar-refractivity contribution in [2.75, 3.05) is 13.1 Å². The molecular weight excluding hydrogens is 254 g/mol. The quantitative estimate of drug-likeness (QED) is 0.917. The fourth-order valence-electron chi connectivity index (χ4n) is 2.84. The Bertz CT molecular complexity index is 574. The molecule has 1 saturated heterocycles. The van der Waals surface area contributed by atoms with Crippen LogP contribution in [0.4, 0.5) is 0 Å². The van der Waals surface area contributed by atoms with E-state index >= 15 is 0 Å². The maximum absolute atomic E-state index is 12.3. The molecule has 2 aromatic rings. The number of carbonyl (C=O) groups is 1. The van der Waals surface area contributed by atoms with E-state index in [1.54, 1.807) is 10.9 Å². The van der Waals surface area contributed by atoms with Crippen LogP contribution in [0.2, 0.25) is 0 Å². The van der Waals surface area contributed by atoms with Gasteiger partial charge in [0.15, 0.2) is 0 Å². The van der Waals surface area contributed by atoms with Crippen molar-refractivity contribution in [1.29, 1.82) is 0 Å². The van der Waals surface area contributed by atoms with Crippen LogP contribution in [0.5, 0.6) is 0 Å². The molecule has 0 aliphatic carbocycles. The van der Waals surface area contributed by atoms with E-state index in [-0.39, 0.29) is 5.91 Å². The summed E-state index contributed by atoms with van der Waals surface area (Å²) in [5.41, 5.74) is 2.35. The second-order valence-corrected chi connectivity index (χ2v) is 5.35. The third-order valence-corrected chi connectivity index (χ3v) is 3.91. The number of hydrogen-bond acceptors (Lipinski definition) is 3. The number of rotatable bonds is 3. The highest BCUT2D eigenvalue weighted by Gasteiger charge is 2.26. The topological polar surface area (TPSA) is 66.8 Å². The monoisotopic (exact) mass is 273 g/mol. The van der Waals surface area contributed by atoms with Gasteiger partial charge in [-0.3, -0.25) is 14.6 Å². The number of aromatic amines is 1. The number of hydrogen-bond donors (Lipinski definition) is 1. The van der Waals surface area contributed by atoms with Gasteiger partial charge in [-0.2, -0.15) is 10.2 Å². The van der Waals surface area contributed by atoms with Gasteiger partial charge < -0.3 is 4.90 Å². The number of H-pyrrole nitrogens is 1. The zero-order valence-corrected chi connectivity index (χ0v) is 11.6. The smallest absolute Gasteiger partial charge is 0.244 e. The SMILES string of the molecule is Cc1cn[nH]c1[C@H]1CCCN(C(=O)Cn2cccn2)C1. The molecule has 2 aromatic heterocycles. The largest absolute Gasteiger partial charge is 0.340 e. The van der Waals surface area contributed by atoms with Crippen LogP contribution >= 0.6 is 0 Å². The van der Waals surface area contributed by atoms with Crippen LogP contribution in [0.1, 0.15) is 30.0 Å². The number of aryl methyl sites for hydroxylation is 1. The van der Waals surface area contributed by atoms with E-state index in [4.69, 9.17) is 0 Å². The molecule has 1 N–H and O–H groups in total. The summed E-state index contributed by atoms with van der Waals surface area (Å²) in [5.74, 6) is 0.503. The second kappa shape index (κ2) is 5.48. The molecule has 0 bridgehead atoms. The summed E-state index contributed by atoms with van der Waals surface area (Å²) in [5, 5.41) is 11.2. The van der Waals surface area contributed by atoms with Crippen molar-refractivity contribution >= 4 is 5.91 Å². The normalized spacial score (nSPS) is 19.2. The van der Waals surface area contributed by atoms with Crippen molar-refractivity contribution in [2.24, 2.45) is 0 Å². The highest BCUT2D eigenvalue weighted by molar-refractivity contribution is 5.76. The summed E-state index contributed by atoms with van der Waals surface area (Å²) in [6.07, 6.45) is 7.50. The number of aromatic nitrogens is 4. The lowest BCUT2D eigenvalue weighted by Crippen LogP contribution is -2.41. The number of amides is 1. The number of carbonyl (C=O) groups excluding carboxylic acids is 1. The van der Waals surface area contributed by atoms with Gasteiger partial charge in [-0.05, 0) is 31.4 Å². The minimum absolute atomic E-state index is 0.135. The molecule has 0 spiro atoms. The van der Waals surface area contributed by atoms with Crippen molar-refractivity contribution in [2.45, 2.75) is 32.2 Å². The van der Waals surface area contributed by atoms with E-state index < -0.39 is 0 Å². The predicted octanol–water partition coefficient (Wildman–Crippen LogP) is 1.32. The Morgan fingerprint density at radius 2 is 2.45 bits per heavy atom. The lowest BCUT2D eigenvalue weighted by atomic mass is 9.93. The fourth-order valence-corrected chi connectivity index (χ4v) is 2.84. The summed E-state index contributed by atoms with van der Waals surface area (Å²) < 4.78 is 1.67. The molecule has 6 nitrogen and oxygen atoms in total. The standard InChI is InChI=1S/C14H19N5O/c1-11-8-15-17-14(11)12-4-2-6-18(9-12)13(20)10-19-7-3-5-16-19/h3,5,7-8,12H,2,4,6,9-10H2,1H3,(H,15,17)/t12-/m0/s1. The molecule has 0 saturated carbocycles. The van der Waals surface area contributed by atoms with Gasteiger partial charge in [0, 0.05) is 37.1 Å². The van der Waals surface area contributed by atoms with Crippen LogP contribution in [0.15, 0.2) is 24.7 Å². The lowest BCUT2D eigenvalue weighted by molar-refractivity contribution is -0.133. The molecule has 0 unspecified atom stereocenters. The van der Waals surface area contributed by atoms with Gasteiger partial charge in [0.2, 0.25) is 5.91 Å². The Morgan fingerprint density at radius 3 is 3.15 bits per heavy atom. The van der Waals surface area contributed by atoms with Crippen molar-refractivity contribution in [3.63, 3.8) is 0 Å². The Labute approximate surface area is 117 Å². The number of likely N-dealkylation sites (tertiary alicyclic amines) is 1. The second-order valence-electron chi connectivity index (χ2n) is 5.35. The van der Waals surface area contributed by atoms with Crippen LogP contribution in [-0.2, 0) is 11.3 Å². The minimum atomic E-state index is 0.135. The van der Waals surface area contributed by atoms with Gasteiger partial charge in [0.1, 0.15) is 6.54 Å². The van der Waals surface area contributed by atoms with Crippen LogP contribution < -0.4 is 0 Å². The molecule has 20 heavy (non-hydrogen) atoms. The first kappa shape index (κ1) is 12.9. The Hall–Kier alpha value is -2.11. The third-order valence-electron chi connectivity index (χ3n) is 3.91. The third kappa shape index (κ3) is 2.59. The van der Waals surface area contributed by atoms with E-state index in [1.807, 2.05) is 23.4 Å². The lowest BCUT2D eigenvalue weighted by Gasteiger charge is -2.32. The van der Waals surface area contributed by atoms with E-state index in [0.29, 0.717) is 12.5 Å². The van der Waals surface area contributed by atoms with Gasteiger partial charge in [-0.25, -0.2) is 0 Å².